The lowest BCUT2D eigenvalue weighted by atomic mass is 9.88. The summed E-state index contributed by atoms with van der Waals surface area (Å²) in [4.78, 5) is 11.3. The number of Topliss-reactive ketones (excluding diaryl/α,β-unsaturated/α-hetero) is 1. The molecule has 3 unspecified atom stereocenters. The molecule has 0 amide bonds. The molecule has 0 aromatic carbocycles. The second kappa shape index (κ2) is 21.7. The Morgan fingerprint density at radius 1 is 0.706 bits per heavy atom. The zero-order chi connectivity index (χ0) is 28.2. The third-order valence-corrected chi connectivity index (χ3v) is 4.11. The van der Waals surface area contributed by atoms with Crippen molar-refractivity contribution in [1.29, 1.82) is 0 Å². The zero-order valence-corrected chi connectivity index (χ0v) is 23.9. The summed E-state index contributed by atoms with van der Waals surface area (Å²) >= 11 is 0. The second-order valence-electron chi connectivity index (χ2n) is 11.2. The van der Waals surface area contributed by atoms with E-state index >= 15 is 0 Å². The monoisotopic (exact) mass is 498 g/mol. The van der Waals surface area contributed by atoms with Crippen LogP contribution in [0.2, 0.25) is 0 Å². The molecule has 0 aliphatic heterocycles. The first kappa shape index (κ1) is 40.6. The van der Waals surface area contributed by atoms with Crippen molar-refractivity contribution in [2.24, 2.45) is 10.8 Å². The fourth-order valence-corrected chi connectivity index (χ4v) is 1.85. The first-order chi connectivity index (χ1) is 15.3. The first-order valence-corrected chi connectivity index (χ1v) is 12.3. The predicted molar refractivity (Wildman–Crippen MR) is 139 cm³/mol. The minimum atomic E-state index is -0.753. The van der Waals surface area contributed by atoms with E-state index in [4.69, 9.17) is 35.4 Å². The molecule has 0 saturated carbocycles. The summed E-state index contributed by atoms with van der Waals surface area (Å²) in [5, 5.41) is 52.2. The Balaban J connectivity index is -0.000000192. The van der Waals surface area contributed by atoms with Crippen LogP contribution in [0.25, 0.3) is 0 Å². The van der Waals surface area contributed by atoms with E-state index in [0.29, 0.717) is 19.3 Å². The quantitative estimate of drug-likeness (QED) is 0.269. The molecule has 6 N–H and O–H groups in total. The maximum atomic E-state index is 11.3. The van der Waals surface area contributed by atoms with Gasteiger partial charge in [-0.2, -0.15) is 0 Å². The van der Waals surface area contributed by atoms with Crippen LogP contribution in [0.1, 0.15) is 102 Å². The van der Waals surface area contributed by atoms with Gasteiger partial charge in [-0.05, 0) is 45.4 Å². The molecule has 34 heavy (non-hydrogen) atoms. The van der Waals surface area contributed by atoms with Gasteiger partial charge in [0.25, 0.3) is 0 Å². The number of aliphatic hydroxyl groups is 6. The number of aliphatic hydroxyl groups excluding tert-OH is 6. The molecule has 0 heterocycles. The largest absolute Gasteiger partial charge is 0.394 e. The summed E-state index contributed by atoms with van der Waals surface area (Å²) in [7, 11) is 0. The average molecular weight is 499 g/mol. The minimum absolute atomic E-state index is 0.115. The standard InChI is InChI=1S/C9H18O3.C8H18O2.C7H16O3.C2H6/c1-9(2,3)8(12)5-4-7(11)6-10;1-8(2,3)5-4-7(10)6-9;1-7(2,3)10-5-6(9)4-8;1-2/h7,10-11H,4-6H2,1-3H3;7,9-10H,4-6H2,1-3H3;6,8-9H,4-5H2,1-3H3;1-2H3. The van der Waals surface area contributed by atoms with E-state index < -0.39 is 18.3 Å². The van der Waals surface area contributed by atoms with Crippen LogP contribution in [0.3, 0.4) is 0 Å². The van der Waals surface area contributed by atoms with Gasteiger partial charge in [0, 0.05) is 11.8 Å². The Labute approximate surface area is 209 Å². The molecule has 0 aliphatic carbocycles. The minimum Gasteiger partial charge on any atom is -0.394 e. The molecule has 8 heteroatoms. The molecule has 0 spiro atoms. The van der Waals surface area contributed by atoms with Crippen molar-refractivity contribution in [2.45, 2.75) is 126 Å². The molecule has 0 radical (unpaired) electrons. The molecular weight excluding hydrogens is 440 g/mol. The average Bonchev–Trinajstić information content (AvgIpc) is 2.74. The van der Waals surface area contributed by atoms with Gasteiger partial charge in [0.1, 0.15) is 11.9 Å². The molecule has 0 saturated heterocycles. The van der Waals surface area contributed by atoms with Gasteiger partial charge in [-0.3, -0.25) is 4.79 Å². The van der Waals surface area contributed by atoms with Gasteiger partial charge >= 0.3 is 0 Å². The highest BCUT2D eigenvalue weighted by atomic mass is 16.5. The number of carbonyl (C=O) groups is 1. The SMILES string of the molecule is CC.CC(C)(C)C(=O)CCC(O)CO.CC(C)(C)CCC(O)CO.CC(C)(C)OCC(O)CO. The van der Waals surface area contributed by atoms with E-state index in [1.165, 1.54) is 0 Å². The Kier molecular flexibility index (Phi) is 25.8. The van der Waals surface area contributed by atoms with E-state index in [9.17, 15) is 4.79 Å². The van der Waals surface area contributed by atoms with E-state index in [1.807, 2.05) is 55.4 Å². The maximum Gasteiger partial charge on any atom is 0.138 e. The first-order valence-electron chi connectivity index (χ1n) is 12.3. The molecular formula is C26H58O8. The number of rotatable bonds is 10. The van der Waals surface area contributed by atoms with Gasteiger partial charge in [-0.25, -0.2) is 0 Å². The van der Waals surface area contributed by atoms with Crippen molar-refractivity contribution in [2.75, 3.05) is 26.4 Å². The fraction of sp³-hybridized carbons (Fsp3) is 0.962. The smallest absolute Gasteiger partial charge is 0.138 e. The van der Waals surface area contributed by atoms with Gasteiger partial charge < -0.3 is 35.4 Å². The van der Waals surface area contributed by atoms with E-state index in [2.05, 4.69) is 20.8 Å². The van der Waals surface area contributed by atoms with Crippen LogP contribution in [0.5, 0.6) is 0 Å². The molecule has 0 rings (SSSR count). The third kappa shape index (κ3) is 36.0. The summed E-state index contributed by atoms with van der Waals surface area (Å²) in [6, 6.07) is 0. The number of hydrogen-bond donors (Lipinski definition) is 6. The highest BCUT2D eigenvalue weighted by Gasteiger charge is 2.21. The number of hydrogen-bond acceptors (Lipinski definition) is 8. The van der Waals surface area contributed by atoms with Gasteiger partial charge in [-0.15, -0.1) is 0 Å². The van der Waals surface area contributed by atoms with Crippen molar-refractivity contribution >= 4 is 5.78 Å². The van der Waals surface area contributed by atoms with E-state index in [0.717, 1.165) is 6.42 Å². The maximum absolute atomic E-state index is 11.3. The number of ketones is 1. The Morgan fingerprint density at radius 3 is 1.38 bits per heavy atom. The third-order valence-electron chi connectivity index (χ3n) is 4.11. The number of carbonyl (C=O) groups excluding carboxylic acids is 1. The van der Waals surface area contributed by atoms with E-state index in [1.54, 1.807) is 0 Å². The lowest BCUT2D eigenvalue weighted by molar-refractivity contribution is -0.127. The highest BCUT2D eigenvalue weighted by molar-refractivity contribution is 5.83. The Hall–Kier alpha value is -0.610. The van der Waals surface area contributed by atoms with Crippen molar-refractivity contribution in [3.8, 4) is 0 Å². The normalized spacial score (nSPS) is 14.3. The van der Waals surface area contributed by atoms with Crippen LogP contribution < -0.4 is 0 Å². The molecule has 210 valence electrons. The topological polar surface area (TPSA) is 148 Å². The lowest BCUT2D eigenvalue weighted by Gasteiger charge is -2.20. The molecule has 0 aromatic rings. The summed E-state index contributed by atoms with van der Waals surface area (Å²) in [6.45, 7) is 21.2. The van der Waals surface area contributed by atoms with Crippen molar-refractivity contribution < 1.29 is 40.2 Å². The van der Waals surface area contributed by atoms with Gasteiger partial charge in [0.15, 0.2) is 0 Å². The molecule has 0 aromatic heterocycles. The summed E-state index contributed by atoms with van der Waals surface area (Å²) in [5.74, 6) is 0.120. The van der Waals surface area contributed by atoms with Crippen molar-refractivity contribution in [3.05, 3.63) is 0 Å². The van der Waals surface area contributed by atoms with Crippen LogP contribution >= 0.6 is 0 Å². The predicted octanol–water partition coefficient (Wildman–Crippen LogP) is 3.08. The van der Waals surface area contributed by atoms with Gasteiger partial charge in [0.05, 0.1) is 44.2 Å². The summed E-state index contributed by atoms with van der Waals surface area (Å²) in [6.07, 6.45) is 0.307. The number of ether oxygens (including phenoxy) is 1. The molecule has 0 fully saturated rings. The van der Waals surface area contributed by atoms with Crippen molar-refractivity contribution in [1.82, 2.24) is 0 Å². The van der Waals surface area contributed by atoms with Crippen molar-refractivity contribution in [3.63, 3.8) is 0 Å². The second-order valence-corrected chi connectivity index (χ2v) is 11.2. The van der Waals surface area contributed by atoms with Crippen LogP contribution in [0.4, 0.5) is 0 Å². The Bertz CT molecular complexity index is 423. The van der Waals surface area contributed by atoms with Crippen LogP contribution in [-0.2, 0) is 9.53 Å². The molecule has 3 atom stereocenters. The van der Waals surface area contributed by atoms with Crippen LogP contribution in [0, 0.1) is 10.8 Å². The molecule has 8 nitrogen and oxygen atoms in total. The molecule has 0 aliphatic rings. The summed E-state index contributed by atoms with van der Waals surface area (Å²) < 4.78 is 5.17. The highest BCUT2D eigenvalue weighted by Crippen LogP contribution is 2.21. The molecule has 0 bridgehead atoms. The van der Waals surface area contributed by atoms with Crippen LogP contribution in [-0.4, -0.2) is 86.8 Å². The van der Waals surface area contributed by atoms with Crippen LogP contribution in [0.15, 0.2) is 0 Å². The van der Waals surface area contributed by atoms with Gasteiger partial charge in [-0.1, -0.05) is 55.4 Å². The van der Waals surface area contributed by atoms with E-state index in [-0.39, 0.29) is 48.6 Å². The lowest BCUT2D eigenvalue weighted by Crippen LogP contribution is -2.27. The fourth-order valence-electron chi connectivity index (χ4n) is 1.85. The summed E-state index contributed by atoms with van der Waals surface area (Å²) in [5.41, 5.74) is -0.318. The van der Waals surface area contributed by atoms with Gasteiger partial charge in [0.2, 0.25) is 0 Å². The Morgan fingerprint density at radius 2 is 1.09 bits per heavy atom. The zero-order valence-electron chi connectivity index (χ0n) is 23.9.